The number of hydrogen-bond acceptors (Lipinski definition) is 3. The van der Waals surface area contributed by atoms with E-state index in [1.54, 1.807) is 7.11 Å². The van der Waals surface area contributed by atoms with Gasteiger partial charge in [-0.05, 0) is 37.1 Å². The lowest BCUT2D eigenvalue weighted by molar-refractivity contribution is 0.137. The smallest absolute Gasteiger partial charge is 0.162 e. The molecule has 82 valence electrons. The second-order valence-corrected chi connectivity index (χ2v) is 3.99. The van der Waals surface area contributed by atoms with Crippen molar-refractivity contribution in [3.63, 3.8) is 0 Å². The van der Waals surface area contributed by atoms with E-state index < -0.39 is 0 Å². The Morgan fingerprint density at radius 1 is 1.13 bits per heavy atom. The first-order valence-corrected chi connectivity index (χ1v) is 5.23. The first kappa shape index (κ1) is 10.3. The maximum Gasteiger partial charge on any atom is 0.162 e. The zero-order valence-corrected chi connectivity index (χ0v) is 9.46. The molecule has 0 bridgehead atoms. The van der Waals surface area contributed by atoms with Gasteiger partial charge in [0.2, 0.25) is 0 Å². The van der Waals surface area contributed by atoms with Crippen LogP contribution in [0.5, 0.6) is 11.5 Å². The lowest BCUT2D eigenvalue weighted by atomic mass is 10.1. The van der Waals surface area contributed by atoms with E-state index in [0.29, 0.717) is 6.10 Å². The Morgan fingerprint density at radius 2 is 1.73 bits per heavy atom. The molecule has 0 saturated carbocycles. The fourth-order valence-electron chi connectivity index (χ4n) is 1.54. The molecule has 1 N–H and O–H groups in total. The van der Waals surface area contributed by atoms with Crippen molar-refractivity contribution in [2.45, 2.75) is 20.0 Å². The molecule has 0 aliphatic carbocycles. The summed E-state index contributed by atoms with van der Waals surface area (Å²) in [6, 6.07) is 4.07. The number of ether oxygens (including phenoxy) is 2. The van der Waals surface area contributed by atoms with Crippen molar-refractivity contribution in [1.29, 1.82) is 0 Å². The highest BCUT2D eigenvalue weighted by molar-refractivity contribution is 5.46. The number of aryl methyl sites for hydroxylation is 2. The monoisotopic (exact) mass is 207 g/mol. The van der Waals surface area contributed by atoms with Crippen LogP contribution in [0.4, 0.5) is 0 Å². The summed E-state index contributed by atoms with van der Waals surface area (Å²) < 4.78 is 11.1. The molecular weight excluding hydrogens is 190 g/mol. The van der Waals surface area contributed by atoms with E-state index >= 15 is 0 Å². The normalized spacial score (nSPS) is 15.9. The van der Waals surface area contributed by atoms with E-state index in [0.717, 1.165) is 24.6 Å². The molecule has 0 atom stereocenters. The van der Waals surface area contributed by atoms with Gasteiger partial charge < -0.3 is 14.8 Å². The SMILES string of the molecule is COc1cc(C)c(C)cc1OC1CNC1. The molecule has 2 rings (SSSR count). The highest BCUT2D eigenvalue weighted by Gasteiger charge is 2.20. The lowest BCUT2D eigenvalue weighted by Gasteiger charge is -2.28. The lowest BCUT2D eigenvalue weighted by Crippen LogP contribution is -2.50. The number of methoxy groups -OCH3 is 1. The van der Waals surface area contributed by atoms with E-state index in [4.69, 9.17) is 9.47 Å². The molecule has 1 aliphatic heterocycles. The molecule has 1 fully saturated rings. The maximum absolute atomic E-state index is 5.82. The molecule has 0 amide bonds. The van der Waals surface area contributed by atoms with E-state index in [-0.39, 0.29) is 0 Å². The van der Waals surface area contributed by atoms with Crippen molar-refractivity contribution in [2.75, 3.05) is 20.2 Å². The molecule has 3 nitrogen and oxygen atoms in total. The Hall–Kier alpha value is -1.22. The molecule has 0 spiro atoms. The Bertz CT molecular complexity index is 359. The maximum atomic E-state index is 5.82. The fourth-order valence-corrected chi connectivity index (χ4v) is 1.54. The summed E-state index contributed by atoms with van der Waals surface area (Å²) in [6.45, 7) is 6.01. The molecule has 3 heteroatoms. The van der Waals surface area contributed by atoms with Crippen LogP contribution in [0.15, 0.2) is 12.1 Å². The van der Waals surface area contributed by atoms with Gasteiger partial charge >= 0.3 is 0 Å². The summed E-state index contributed by atoms with van der Waals surface area (Å²) >= 11 is 0. The van der Waals surface area contributed by atoms with Crippen LogP contribution in [-0.4, -0.2) is 26.3 Å². The van der Waals surface area contributed by atoms with Crippen molar-refractivity contribution in [3.8, 4) is 11.5 Å². The molecule has 1 heterocycles. The van der Waals surface area contributed by atoms with Gasteiger partial charge in [-0.3, -0.25) is 0 Å². The Balaban J connectivity index is 2.23. The molecule has 0 radical (unpaired) electrons. The number of rotatable bonds is 3. The first-order chi connectivity index (χ1) is 7.20. The van der Waals surface area contributed by atoms with Crippen LogP contribution in [0.2, 0.25) is 0 Å². The second kappa shape index (κ2) is 4.11. The summed E-state index contributed by atoms with van der Waals surface area (Å²) in [4.78, 5) is 0. The highest BCUT2D eigenvalue weighted by atomic mass is 16.5. The van der Waals surface area contributed by atoms with Crippen molar-refractivity contribution < 1.29 is 9.47 Å². The summed E-state index contributed by atoms with van der Waals surface area (Å²) in [6.07, 6.45) is 0.293. The van der Waals surface area contributed by atoms with Crippen LogP contribution in [0.3, 0.4) is 0 Å². The fraction of sp³-hybridized carbons (Fsp3) is 0.500. The molecular formula is C12H17NO2. The minimum absolute atomic E-state index is 0.293. The van der Waals surface area contributed by atoms with Gasteiger partial charge in [0.05, 0.1) is 7.11 Å². The minimum Gasteiger partial charge on any atom is -0.493 e. The number of hydrogen-bond donors (Lipinski definition) is 1. The van der Waals surface area contributed by atoms with Crippen molar-refractivity contribution in [3.05, 3.63) is 23.3 Å². The third kappa shape index (κ3) is 2.07. The van der Waals surface area contributed by atoms with Gasteiger partial charge in [0.15, 0.2) is 11.5 Å². The van der Waals surface area contributed by atoms with Crippen LogP contribution in [-0.2, 0) is 0 Å². The average molecular weight is 207 g/mol. The first-order valence-electron chi connectivity index (χ1n) is 5.23. The molecule has 0 aromatic heterocycles. The van der Waals surface area contributed by atoms with Crippen LogP contribution >= 0.6 is 0 Å². The third-order valence-electron chi connectivity index (χ3n) is 2.82. The quantitative estimate of drug-likeness (QED) is 0.817. The van der Waals surface area contributed by atoms with Crippen LogP contribution in [0, 0.1) is 13.8 Å². The predicted octanol–water partition coefficient (Wildman–Crippen LogP) is 1.66. The molecule has 15 heavy (non-hydrogen) atoms. The standard InChI is InChI=1S/C12H17NO2/c1-8-4-11(14-3)12(5-9(8)2)15-10-6-13-7-10/h4-5,10,13H,6-7H2,1-3H3. The number of nitrogens with one attached hydrogen (secondary N) is 1. The van der Waals surface area contributed by atoms with Gasteiger partial charge in [-0.2, -0.15) is 0 Å². The zero-order valence-electron chi connectivity index (χ0n) is 9.46. The molecule has 1 aromatic carbocycles. The van der Waals surface area contributed by atoms with E-state index in [2.05, 4.69) is 19.2 Å². The van der Waals surface area contributed by atoms with Crippen LogP contribution in [0.25, 0.3) is 0 Å². The van der Waals surface area contributed by atoms with Crippen LogP contribution in [0.1, 0.15) is 11.1 Å². The average Bonchev–Trinajstić information content (AvgIpc) is 2.16. The third-order valence-corrected chi connectivity index (χ3v) is 2.82. The number of benzene rings is 1. The van der Waals surface area contributed by atoms with Gasteiger partial charge in [-0.15, -0.1) is 0 Å². The molecule has 1 aromatic rings. The predicted molar refractivity (Wildman–Crippen MR) is 59.8 cm³/mol. The summed E-state index contributed by atoms with van der Waals surface area (Å²) in [5.74, 6) is 1.68. The van der Waals surface area contributed by atoms with Crippen molar-refractivity contribution in [2.24, 2.45) is 0 Å². The topological polar surface area (TPSA) is 30.5 Å². The Morgan fingerprint density at radius 3 is 2.20 bits per heavy atom. The zero-order chi connectivity index (χ0) is 10.8. The molecule has 0 unspecified atom stereocenters. The highest BCUT2D eigenvalue weighted by Crippen LogP contribution is 2.31. The Kier molecular flexibility index (Phi) is 2.82. The van der Waals surface area contributed by atoms with Gasteiger partial charge in [0.25, 0.3) is 0 Å². The minimum atomic E-state index is 0.293. The van der Waals surface area contributed by atoms with E-state index in [1.165, 1.54) is 11.1 Å². The molecule has 1 aliphatic rings. The second-order valence-electron chi connectivity index (χ2n) is 3.99. The summed E-state index contributed by atoms with van der Waals surface area (Å²) in [5.41, 5.74) is 2.46. The largest absolute Gasteiger partial charge is 0.493 e. The van der Waals surface area contributed by atoms with Gasteiger partial charge in [0, 0.05) is 13.1 Å². The van der Waals surface area contributed by atoms with Gasteiger partial charge in [0.1, 0.15) is 6.10 Å². The van der Waals surface area contributed by atoms with Gasteiger partial charge in [-0.25, -0.2) is 0 Å². The summed E-state index contributed by atoms with van der Waals surface area (Å²) in [7, 11) is 1.68. The van der Waals surface area contributed by atoms with Crippen molar-refractivity contribution in [1.82, 2.24) is 5.32 Å². The van der Waals surface area contributed by atoms with Crippen molar-refractivity contribution >= 4 is 0 Å². The van der Waals surface area contributed by atoms with E-state index in [1.807, 2.05) is 12.1 Å². The molecule has 1 saturated heterocycles. The van der Waals surface area contributed by atoms with Crippen LogP contribution < -0.4 is 14.8 Å². The summed E-state index contributed by atoms with van der Waals surface area (Å²) in [5, 5.41) is 3.18. The van der Waals surface area contributed by atoms with E-state index in [9.17, 15) is 0 Å². The Labute approximate surface area is 90.4 Å². The van der Waals surface area contributed by atoms with Gasteiger partial charge in [-0.1, -0.05) is 0 Å².